The number of ketones is 1. The van der Waals surface area contributed by atoms with Crippen molar-refractivity contribution >= 4 is 29.0 Å². The zero-order valence-electron chi connectivity index (χ0n) is 11.0. The van der Waals surface area contributed by atoms with Crippen LogP contribution in [0.2, 0.25) is 10.0 Å². The first-order chi connectivity index (χ1) is 8.81. The average molecular weight is 296 g/mol. The van der Waals surface area contributed by atoms with Crippen molar-refractivity contribution in [2.24, 2.45) is 10.8 Å². The van der Waals surface area contributed by atoms with Gasteiger partial charge in [-0.05, 0) is 37.0 Å². The smallest absolute Gasteiger partial charge is 0.158 e. The van der Waals surface area contributed by atoms with E-state index in [2.05, 4.69) is 6.07 Å². The maximum absolute atomic E-state index is 12.5. The van der Waals surface area contributed by atoms with E-state index in [1.54, 1.807) is 18.2 Å². The van der Waals surface area contributed by atoms with Crippen molar-refractivity contribution in [1.82, 2.24) is 0 Å². The van der Waals surface area contributed by atoms with Crippen molar-refractivity contribution in [3.8, 4) is 6.07 Å². The van der Waals surface area contributed by atoms with Crippen LogP contribution in [0.1, 0.15) is 32.3 Å². The predicted octanol–water partition coefficient (Wildman–Crippen LogP) is 4.43. The summed E-state index contributed by atoms with van der Waals surface area (Å²) in [6, 6.07) is 7.41. The van der Waals surface area contributed by atoms with Gasteiger partial charge < -0.3 is 0 Å². The lowest BCUT2D eigenvalue weighted by atomic mass is 9.77. The van der Waals surface area contributed by atoms with Crippen LogP contribution in [-0.2, 0) is 11.2 Å². The zero-order chi connectivity index (χ0) is 14.3. The third-order valence-electron chi connectivity index (χ3n) is 3.95. The van der Waals surface area contributed by atoms with Crippen LogP contribution in [0.25, 0.3) is 0 Å². The number of nitrogens with zero attached hydrogens (tertiary/aromatic N) is 1. The number of carbonyl (C=O) groups is 1. The van der Waals surface area contributed by atoms with E-state index in [1.165, 1.54) is 0 Å². The lowest BCUT2D eigenvalue weighted by Gasteiger charge is -2.22. The molecule has 0 radical (unpaired) electrons. The highest BCUT2D eigenvalue weighted by atomic mass is 35.5. The Hall–Kier alpha value is -1.04. The molecule has 2 nitrogen and oxygen atoms in total. The molecule has 19 heavy (non-hydrogen) atoms. The Morgan fingerprint density at radius 1 is 1.32 bits per heavy atom. The molecule has 0 spiro atoms. The Labute approximate surface area is 123 Å². The van der Waals surface area contributed by atoms with Crippen LogP contribution in [0.5, 0.6) is 0 Å². The largest absolute Gasteiger partial charge is 0.297 e. The highest BCUT2D eigenvalue weighted by Gasteiger charge is 2.52. The first-order valence-electron chi connectivity index (χ1n) is 6.21. The predicted molar refractivity (Wildman–Crippen MR) is 76.2 cm³/mol. The van der Waals surface area contributed by atoms with Gasteiger partial charge in [0, 0.05) is 15.5 Å². The van der Waals surface area contributed by atoms with Crippen molar-refractivity contribution in [3.63, 3.8) is 0 Å². The maximum Gasteiger partial charge on any atom is 0.158 e. The number of nitriles is 1. The number of hydrogen-bond donors (Lipinski definition) is 0. The van der Waals surface area contributed by atoms with Crippen LogP contribution >= 0.6 is 23.2 Å². The van der Waals surface area contributed by atoms with E-state index in [0.29, 0.717) is 22.9 Å². The van der Waals surface area contributed by atoms with Gasteiger partial charge in [-0.15, -0.1) is 0 Å². The van der Waals surface area contributed by atoms with Crippen LogP contribution < -0.4 is 0 Å². The minimum Gasteiger partial charge on any atom is -0.297 e. The summed E-state index contributed by atoms with van der Waals surface area (Å²) in [5.74, 6) is 0.0218. The van der Waals surface area contributed by atoms with E-state index < -0.39 is 10.8 Å². The summed E-state index contributed by atoms with van der Waals surface area (Å²) in [4.78, 5) is 12.5. The fourth-order valence-electron chi connectivity index (χ4n) is 2.71. The number of halogens is 2. The zero-order valence-corrected chi connectivity index (χ0v) is 12.5. The average Bonchev–Trinajstić information content (AvgIpc) is 2.57. The van der Waals surface area contributed by atoms with E-state index in [9.17, 15) is 10.1 Å². The standard InChI is InChI=1S/C15H15Cl2NO/c1-14(2)5-6-15(9-18,13(14)19)8-10-3-4-11(16)7-12(10)17/h3-4,7H,5-6,8H2,1-2H3. The van der Waals surface area contributed by atoms with Crippen molar-refractivity contribution in [2.75, 3.05) is 0 Å². The van der Waals surface area contributed by atoms with Gasteiger partial charge in [-0.2, -0.15) is 5.26 Å². The van der Waals surface area contributed by atoms with Crippen molar-refractivity contribution in [3.05, 3.63) is 33.8 Å². The molecule has 1 unspecified atom stereocenters. The van der Waals surface area contributed by atoms with Gasteiger partial charge in [-0.3, -0.25) is 4.79 Å². The molecule has 0 saturated heterocycles. The van der Waals surface area contributed by atoms with Crippen LogP contribution in [-0.4, -0.2) is 5.78 Å². The summed E-state index contributed by atoms with van der Waals surface area (Å²) in [7, 11) is 0. The molecule has 0 heterocycles. The SMILES string of the molecule is CC1(C)CCC(C#N)(Cc2ccc(Cl)cc2Cl)C1=O. The molecule has 1 aromatic carbocycles. The second-order valence-corrected chi connectivity index (χ2v) is 6.66. The van der Waals surface area contributed by atoms with Gasteiger partial charge in [0.15, 0.2) is 5.78 Å². The summed E-state index contributed by atoms with van der Waals surface area (Å²) in [5.41, 5.74) is -0.561. The second kappa shape index (κ2) is 4.81. The van der Waals surface area contributed by atoms with Gasteiger partial charge in [0.1, 0.15) is 5.41 Å². The Morgan fingerprint density at radius 3 is 2.47 bits per heavy atom. The molecule has 2 rings (SSSR count). The molecule has 1 aliphatic carbocycles. The second-order valence-electron chi connectivity index (χ2n) is 5.82. The molecule has 1 aromatic rings. The lowest BCUT2D eigenvalue weighted by molar-refractivity contribution is -0.130. The van der Waals surface area contributed by atoms with Crippen LogP contribution in [0, 0.1) is 22.2 Å². The third-order valence-corrected chi connectivity index (χ3v) is 4.53. The Kier molecular flexibility index (Phi) is 3.64. The van der Waals surface area contributed by atoms with Crippen LogP contribution in [0.15, 0.2) is 18.2 Å². The number of carbonyl (C=O) groups excluding carboxylic acids is 1. The molecule has 0 aromatic heterocycles. The summed E-state index contributed by atoms with van der Waals surface area (Å²) in [6.07, 6.45) is 1.70. The summed E-state index contributed by atoms with van der Waals surface area (Å²) >= 11 is 12.0. The van der Waals surface area contributed by atoms with Crippen LogP contribution in [0.3, 0.4) is 0 Å². The van der Waals surface area contributed by atoms with Gasteiger partial charge in [0.05, 0.1) is 6.07 Å². The van der Waals surface area contributed by atoms with E-state index in [0.717, 1.165) is 12.0 Å². The van der Waals surface area contributed by atoms with Crippen LogP contribution in [0.4, 0.5) is 0 Å². The molecular formula is C15H15Cl2NO. The summed E-state index contributed by atoms with van der Waals surface area (Å²) < 4.78 is 0. The molecule has 100 valence electrons. The van der Waals surface area contributed by atoms with Gasteiger partial charge in [0.2, 0.25) is 0 Å². The fraction of sp³-hybridized carbons (Fsp3) is 0.467. The Morgan fingerprint density at radius 2 is 2.00 bits per heavy atom. The van der Waals surface area contributed by atoms with Crippen molar-refractivity contribution < 1.29 is 4.79 Å². The van der Waals surface area contributed by atoms with Gasteiger partial charge >= 0.3 is 0 Å². The number of hydrogen-bond acceptors (Lipinski definition) is 2. The highest BCUT2D eigenvalue weighted by Crippen LogP contribution is 2.47. The molecular weight excluding hydrogens is 281 g/mol. The molecule has 0 N–H and O–H groups in total. The van der Waals surface area contributed by atoms with Gasteiger partial charge in [0.25, 0.3) is 0 Å². The highest BCUT2D eigenvalue weighted by molar-refractivity contribution is 6.35. The van der Waals surface area contributed by atoms with E-state index >= 15 is 0 Å². The molecule has 0 bridgehead atoms. The molecule has 1 fully saturated rings. The molecule has 1 saturated carbocycles. The molecule has 1 atom stereocenters. The quantitative estimate of drug-likeness (QED) is 0.809. The van der Waals surface area contributed by atoms with E-state index in [1.807, 2.05) is 13.8 Å². The minimum absolute atomic E-state index is 0.0218. The molecule has 0 amide bonds. The van der Waals surface area contributed by atoms with E-state index in [4.69, 9.17) is 23.2 Å². The number of benzene rings is 1. The summed E-state index contributed by atoms with van der Waals surface area (Å²) in [6.45, 7) is 3.80. The number of Topliss-reactive ketones (excluding diaryl/α,β-unsaturated/α-hetero) is 1. The summed E-state index contributed by atoms with van der Waals surface area (Å²) in [5, 5.41) is 10.6. The first-order valence-corrected chi connectivity index (χ1v) is 6.96. The first kappa shape index (κ1) is 14.4. The molecule has 1 aliphatic rings. The Balaban J connectivity index is 2.36. The normalized spacial score (nSPS) is 25.3. The topological polar surface area (TPSA) is 40.9 Å². The third kappa shape index (κ3) is 2.50. The monoisotopic (exact) mass is 295 g/mol. The lowest BCUT2D eigenvalue weighted by Crippen LogP contribution is -2.33. The number of rotatable bonds is 2. The maximum atomic E-state index is 12.5. The van der Waals surface area contributed by atoms with Gasteiger partial charge in [-0.1, -0.05) is 43.1 Å². The van der Waals surface area contributed by atoms with E-state index in [-0.39, 0.29) is 5.78 Å². The van der Waals surface area contributed by atoms with Gasteiger partial charge in [-0.25, -0.2) is 0 Å². The fourth-order valence-corrected chi connectivity index (χ4v) is 3.18. The molecule has 0 aliphatic heterocycles. The van der Waals surface area contributed by atoms with Crippen molar-refractivity contribution in [1.29, 1.82) is 5.26 Å². The van der Waals surface area contributed by atoms with Crippen molar-refractivity contribution in [2.45, 2.75) is 33.1 Å². The minimum atomic E-state index is -0.943. The molecule has 4 heteroatoms. The Bertz CT molecular complexity index is 574.